The molecule has 3 aliphatic rings. The number of amides is 1. The number of nitrogens with zero attached hydrogens (tertiary/aromatic N) is 2. The van der Waals surface area contributed by atoms with Gasteiger partial charge >= 0.3 is 0 Å². The third-order valence-corrected chi connectivity index (χ3v) is 5.80. The number of hydrogen-bond donors (Lipinski definition) is 0. The summed E-state index contributed by atoms with van der Waals surface area (Å²) < 4.78 is 5.81. The van der Waals surface area contributed by atoms with Gasteiger partial charge in [0, 0.05) is 31.4 Å². The lowest BCUT2D eigenvalue weighted by atomic mass is 9.80. The minimum atomic E-state index is 0.0951. The van der Waals surface area contributed by atoms with Crippen molar-refractivity contribution in [2.45, 2.75) is 57.8 Å². The highest BCUT2D eigenvalue weighted by Crippen LogP contribution is 2.39. The standard InChI is InChI=1S/C20H28N2O2/c1-14-12-21(13-15(2)24-14)20(23)17-11-16-7-3-4-8-18(16)22-10-6-5-9-19(17)22/h3-4,7-8,14-15,17,19H,5-6,9-13H2,1-2H3. The second-order valence-electron chi connectivity index (χ2n) is 7.70. The summed E-state index contributed by atoms with van der Waals surface area (Å²) >= 11 is 0. The Morgan fingerprint density at radius 2 is 1.88 bits per heavy atom. The van der Waals surface area contributed by atoms with Gasteiger partial charge in [-0.1, -0.05) is 18.2 Å². The number of benzene rings is 1. The number of rotatable bonds is 1. The number of carbonyl (C=O) groups is 1. The fourth-order valence-corrected chi connectivity index (χ4v) is 4.86. The summed E-state index contributed by atoms with van der Waals surface area (Å²) in [6.45, 7) is 6.68. The highest BCUT2D eigenvalue weighted by molar-refractivity contribution is 5.82. The zero-order chi connectivity index (χ0) is 16.7. The first-order chi connectivity index (χ1) is 11.6. The van der Waals surface area contributed by atoms with Gasteiger partial charge in [-0.15, -0.1) is 0 Å². The van der Waals surface area contributed by atoms with E-state index in [0.29, 0.717) is 11.9 Å². The molecule has 4 unspecified atom stereocenters. The molecule has 4 nitrogen and oxygen atoms in total. The minimum Gasteiger partial charge on any atom is -0.372 e. The number of fused-ring (bicyclic) bond motifs is 3. The van der Waals surface area contributed by atoms with Crippen molar-refractivity contribution in [3.63, 3.8) is 0 Å². The van der Waals surface area contributed by atoms with Gasteiger partial charge in [-0.3, -0.25) is 4.79 Å². The van der Waals surface area contributed by atoms with Gasteiger partial charge in [0.25, 0.3) is 0 Å². The van der Waals surface area contributed by atoms with Crippen molar-refractivity contribution in [3.05, 3.63) is 29.8 Å². The van der Waals surface area contributed by atoms with Gasteiger partial charge in [0.05, 0.1) is 18.1 Å². The fraction of sp³-hybridized carbons (Fsp3) is 0.650. The number of anilines is 1. The van der Waals surface area contributed by atoms with E-state index in [-0.39, 0.29) is 18.1 Å². The molecular weight excluding hydrogens is 300 g/mol. The lowest BCUT2D eigenvalue weighted by Gasteiger charge is -2.48. The van der Waals surface area contributed by atoms with E-state index in [0.717, 1.165) is 32.5 Å². The maximum Gasteiger partial charge on any atom is 0.228 e. The van der Waals surface area contributed by atoms with Gasteiger partial charge < -0.3 is 14.5 Å². The average Bonchev–Trinajstić information content (AvgIpc) is 2.59. The summed E-state index contributed by atoms with van der Waals surface area (Å²) in [5.41, 5.74) is 2.69. The highest BCUT2D eigenvalue weighted by Gasteiger charge is 2.42. The lowest BCUT2D eigenvalue weighted by molar-refractivity contribution is -0.148. The number of carbonyl (C=O) groups excluding carboxylic acids is 1. The molecule has 1 amide bonds. The van der Waals surface area contributed by atoms with Gasteiger partial charge in [0.2, 0.25) is 5.91 Å². The third-order valence-electron chi connectivity index (χ3n) is 5.80. The summed E-state index contributed by atoms with van der Waals surface area (Å²) in [6, 6.07) is 9.02. The second-order valence-corrected chi connectivity index (χ2v) is 7.70. The van der Waals surface area contributed by atoms with E-state index in [1.165, 1.54) is 24.1 Å². The van der Waals surface area contributed by atoms with Crippen LogP contribution in [0.2, 0.25) is 0 Å². The molecule has 2 saturated heterocycles. The van der Waals surface area contributed by atoms with Crippen molar-refractivity contribution in [3.8, 4) is 0 Å². The van der Waals surface area contributed by atoms with E-state index >= 15 is 0 Å². The Kier molecular flexibility index (Phi) is 4.25. The molecule has 1 aromatic carbocycles. The SMILES string of the molecule is CC1CN(C(=O)C2Cc3ccccc3N3CCCCC23)CC(C)O1. The van der Waals surface area contributed by atoms with Crippen LogP contribution in [-0.4, -0.2) is 48.7 Å². The van der Waals surface area contributed by atoms with E-state index in [4.69, 9.17) is 4.74 Å². The normalized spacial score (nSPS) is 32.9. The minimum absolute atomic E-state index is 0.0951. The smallest absolute Gasteiger partial charge is 0.228 e. The second kappa shape index (κ2) is 6.40. The van der Waals surface area contributed by atoms with Gasteiger partial charge in [-0.25, -0.2) is 0 Å². The van der Waals surface area contributed by atoms with Gasteiger partial charge in [0.1, 0.15) is 0 Å². The van der Waals surface area contributed by atoms with Crippen molar-refractivity contribution in [1.29, 1.82) is 0 Å². The predicted molar refractivity (Wildman–Crippen MR) is 95.2 cm³/mol. The quantitative estimate of drug-likeness (QED) is 0.795. The molecule has 0 spiro atoms. The van der Waals surface area contributed by atoms with Crippen LogP contribution in [0.15, 0.2) is 24.3 Å². The molecule has 2 fully saturated rings. The van der Waals surface area contributed by atoms with E-state index in [1.807, 2.05) is 0 Å². The average molecular weight is 328 g/mol. The summed E-state index contributed by atoms with van der Waals surface area (Å²) in [6.07, 6.45) is 4.77. The molecule has 1 aromatic rings. The van der Waals surface area contributed by atoms with Crippen LogP contribution in [-0.2, 0) is 16.0 Å². The Morgan fingerprint density at radius 1 is 1.12 bits per heavy atom. The number of ether oxygens (including phenoxy) is 1. The molecule has 130 valence electrons. The zero-order valence-corrected chi connectivity index (χ0v) is 14.8. The first-order valence-electron chi connectivity index (χ1n) is 9.42. The molecule has 0 saturated carbocycles. The van der Waals surface area contributed by atoms with Gasteiger partial charge in [-0.05, 0) is 51.2 Å². The van der Waals surface area contributed by atoms with Crippen LogP contribution >= 0.6 is 0 Å². The van der Waals surface area contributed by atoms with E-state index in [2.05, 4.69) is 47.9 Å². The fourth-order valence-electron chi connectivity index (χ4n) is 4.86. The van der Waals surface area contributed by atoms with Crippen LogP contribution < -0.4 is 4.90 Å². The van der Waals surface area contributed by atoms with E-state index in [1.54, 1.807) is 0 Å². The molecule has 4 rings (SSSR count). The Hall–Kier alpha value is -1.55. The molecule has 0 aromatic heterocycles. The molecule has 3 heterocycles. The Bertz CT molecular complexity index is 607. The van der Waals surface area contributed by atoms with Crippen molar-refractivity contribution < 1.29 is 9.53 Å². The zero-order valence-electron chi connectivity index (χ0n) is 14.8. The number of hydrogen-bond acceptors (Lipinski definition) is 3. The van der Waals surface area contributed by atoms with Crippen LogP contribution in [0.4, 0.5) is 5.69 Å². The molecule has 0 aliphatic carbocycles. The lowest BCUT2D eigenvalue weighted by Crippen LogP contribution is -2.57. The molecule has 4 atom stereocenters. The van der Waals surface area contributed by atoms with E-state index < -0.39 is 0 Å². The van der Waals surface area contributed by atoms with Crippen molar-refractivity contribution >= 4 is 11.6 Å². The molecule has 0 radical (unpaired) electrons. The highest BCUT2D eigenvalue weighted by atomic mass is 16.5. The van der Waals surface area contributed by atoms with Crippen LogP contribution in [0.5, 0.6) is 0 Å². The monoisotopic (exact) mass is 328 g/mol. The summed E-state index contributed by atoms with van der Waals surface area (Å²) in [5.74, 6) is 0.432. The molecule has 0 bridgehead atoms. The number of morpholine rings is 1. The Balaban J connectivity index is 1.61. The number of piperidine rings is 1. The van der Waals surface area contributed by atoms with Gasteiger partial charge in [0.15, 0.2) is 0 Å². The molecule has 3 aliphatic heterocycles. The Morgan fingerprint density at radius 3 is 2.67 bits per heavy atom. The Labute approximate surface area is 144 Å². The maximum absolute atomic E-state index is 13.4. The van der Waals surface area contributed by atoms with Gasteiger partial charge in [-0.2, -0.15) is 0 Å². The first kappa shape index (κ1) is 15.9. The van der Waals surface area contributed by atoms with Crippen LogP contribution in [0.1, 0.15) is 38.7 Å². The van der Waals surface area contributed by atoms with Crippen LogP contribution in [0.25, 0.3) is 0 Å². The van der Waals surface area contributed by atoms with Crippen LogP contribution in [0, 0.1) is 5.92 Å². The molecule has 4 heteroatoms. The summed E-state index contributed by atoms with van der Waals surface area (Å²) in [5, 5.41) is 0. The summed E-state index contributed by atoms with van der Waals surface area (Å²) in [4.78, 5) is 17.9. The van der Waals surface area contributed by atoms with Crippen molar-refractivity contribution in [2.75, 3.05) is 24.5 Å². The first-order valence-corrected chi connectivity index (χ1v) is 9.42. The number of para-hydroxylation sites is 1. The summed E-state index contributed by atoms with van der Waals surface area (Å²) in [7, 11) is 0. The molecule has 24 heavy (non-hydrogen) atoms. The van der Waals surface area contributed by atoms with Crippen LogP contribution in [0.3, 0.4) is 0 Å². The topological polar surface area (TPSA) is 32.8 Å². The van der Waals surface area contributed by atoms with Crippen molar-refractivity contribution in [2.24, 2.45) is 5.92 Å². The van der Waals surface area contributed by atoms with E-state index in [9.17, 15) is 4.79 Å². The molecule has 0 N–H and O–H groups in total. The van der Waals surface area contributed by atoms with Crippen molar-refractivity contribution in [1.82, 2.24) is 4.90 Å². The third kappa shape index (κ3) is 2.81. The maximum atomic E-state index is 13.4. The largest absolute Gasteiger partial charge is 0.372 e. The molecular formula is C20H28N2O2. The predicted octanol–water partition coefficient (Wildman–Crippen LogP) is 2.85.